The minimum Gasteiger partial charge on any atom is -0.449 e. The summed E-state index contributed by atoms with van der Waals surface area (Å²) in [7, 11) is 0. The van der Waals surface area contributed by atoms with Crippen LogP contribution in [-0.4, -0.2) is 28.9 Å². The molecule has 0 unspecified atom stereocenters. The minimum atomic E-state index is -1.06. The van der Waals surface area contributed by atoms with Crippen molar-refractivity contribution >= 4 is 23.5 Å². The summed E-state index contributed by atoms with van der Waals surface area (Å²) < 4.78 is 15.5. The molecule has 8 heteroatoms. The second-order valence-electron chi connectivity index (χ2n) is 6.16. The Hall–Kier alpha value is -3.68. The number of esters is 1. The summed E-state index contributed by atoms with van der Waals surface area (Å²) in [4.78, 5) is 35.6. The Kier molecular flexibility index (Phi) is 5.39. The van der Waals surface area contributed by atoms with E-state index in [9.17, 15) is 14.4 Å². The zero-order chi connectivity index (χ0) is 20.3. The number of aryl methyl sites for hydroxylation is 1. The van der Waals surface area contributed by atoms with Crippen LogP contribution >= 0.6 is 0 Å². The highest BCUT2D eigenvalue weighted by atomic mass is 16.6. The number of amides is 1. The summed E-state index contributed by atoms with van der Waals surface area (Å²) in [6, 6.07) is 11.4. The number of ether oxygens (including phenoxy) is 1. The van der Waals surface area contributed by atoms with Crippen molar-refractivity contribution in [1.29, 1.82) is 0 Å². The highest BCUT2D eigenvalue weighted by Gasteiger charge is 2.22. The summed E-state index contributed by atoms with van der Waals surface area (Å²) in [5.41, 5.74) is 1.29. The highest BCUT2D eigenvalue weighted by molar-refractivity contribution is 5.96. The fraction of sp³-hybridized carbons (Fsp3) is 0.200. The van der Waals surface area contributed by atoms with Crippen LogP contribution in [0.3, 0.4) is 0 Å². The first-order chi connectivity index (χ1) is 13.3. The molecule has 144 valence electrons. The lowest BCUT2D eigenvalue weighted by atomic mass is 10.1. The predicted molar refractivity (Wildman–Crippen MR) is 98.9 cm³/mol. The molecule has 8 nitrogen and oxygen atoms in total. The Bertz CT molecular complexity index is 1020. The Balaban J connectivity index is 1.63. The molecule has 0 aliphatic heterocycles. The van der Waals surface area contributed by atoms with Crippen LogP contribution in [0.2, 0.25) is 0 Å². The first kappa shape index (κ1) is 19.1. The number of aromatic nitrogens is 1. The Labute approximate surface area is 160 Å². The molecule has 3 rings (SSSR count). The van der Waals surface area contributed by atoms with E-state index in [-0.39, 0.29) is 17.4 Å². The Morgan fingerprint density at radius 1 is 1.11 bits per heavy atom. The van der Waals surface area contributed by atoms with Gasteiger partial charge < -0.3 is 19.0 Å². The quantitative estimate of drug-likeness (QED) is 0.512. The molecule has 0 saturated carbocycles. The number of nitrogens with one attached hydrogen (secondary N) is 1. The van der Waals surface area contributed by atoms with Gasteiger partial charge in [-0.25, -0.2) is 4.79 Å². The molecule has 0 saturated heterocycles. The minimum absolute atomic E-state index is 0.0386. The number of hydrogen-bond acceptors (Lipinski definition) is 7. The van der Waals surface area contributed by atoms with Crippen LogP contribution in [0.4, 0.5) is 5.82 Å². The lowest BCUT2D eigenvalue weighted by molar-refractivity contribution is -0.123. The first-order valence-electron chi connectivity index (χ1n) is 8.50. The summed E-state index contributed by atoms with van der Waals surface area (Å²) in [5.74, 6) is -0.180. The number of ketones is 1. The molecule has 2 heterocycles. The molecule has 0 spiro atoms. The molecule has 2 aromatic heterocycles. The van der Waals surface area contributed by atoms with Gasteiger partial charge in [0.15, 0.2) is 17.7 Å². The van der Waals surface area contributed by atoms with Gasteiger partial charge in [0.25, 0.3) is 5.91 Å². The van der Waals surface area contributed by atoms with Crippen molar-refractivity contribution < 1.29 is 28.1 Å². The van der Waals surface area contributed by atoms with Crippen molar-refractivity contribution in [3.05, 3.63) is 59.5 Å². The number of furan rings is 1. The van der Waals surface area contributed by atoms with E-state index < -0.39 is 18.0 Å². The number of anilines is 1. The topological polar surface area (TPSA) is 112 Å². The average Bonchev–Trinajstić information content (AvgIpc) is 3.31. The largest absolute Gasteiger partial charge is 0.449 e. The zero-order valence-corrected chi connectivity index (χ0v) is 15.5. The summed E-state index contributed by atoms with van der Waals surface area (Å²) >= 11 is 0. The third-order valence-electron chi connectivity index (χ3n) is 3.92. The predicted octanol–water partition coefficient (Wildman–Crippen LogP) is 3.63. The molecule has 1 aromatic carbocycles. The molecule has 0 radical (unpaired) electrons. The van der Waals surface area contributed by atoms with Gasteiger partial charge in [0, 0.05) is 17.2 Å². The number of benzene rings is 1. The van der Waals surface area contributed by atoms with E-state index in [4.69, 9.17) is 13.7 Å². The number of carbonyl (C=O) groups is 3. The van der Waals surface area contributed by atoms with Crippen LogP contribution in [0, 0.1) is 6.92 Å². The normalized spacial score (nSPS) is 11.7. The highest BCUT2D eigenvalue weighted by Crippen LogP contribution is 2.23. The average molecular weight is 382 g/mol. The maximum atomic E-state index is 12.2. The van der Waals surface area contributed by atoms with Crippen LogP contribution < -0.4 is 5.32 Å². The molecule has 1 N–H and O–H groups in total. The smallest absolute Gasteiger partial charge is 0.375 e. The first-order valence-corrected chi connectivity index (χ1v) is 8.50. The molecule has 3 aromatic rings. The lowest BCUT2D eigenvalue weighted by Crippen LogP contribution is -2.30. The summed E-state index contributed by atoms with van der Waals surface area (Å²) in [6.45, 7) is 4.61. The maximum Gasteiger partial charge on any atom is 0.375 e. The molecule has 0 fully saturated rings. The standard InChI is InChI=1S/C20H18N2O6/c1-11-10-18(22-28-11)21-19(24)13(3)26-20(25)17-9-8-16(27-17)15-6-4-14(5-7-15)12(2)23/h4-10,13H,1-3H3,(H,21,22,24)/t13-/m0/s1. The van der Waals surface area contributed by atoms with Gasteiger partial charge in [-0.1, -0.05) is 29.4 Å². The molecule has 1 amide bonds. The Morgan fingerprint density at radius 3 is 2.43 bits per heavy atom. The van der Waals surface area contributed by atoms with Gasteiger partial charge in [-0.3, -0.25) is 9.59 Å². The summed E-state index contributed by atoms with van der Waals surface area (Å²) in [5, 5.41) is 6.13. The van der Waals surface area contributed by atoms with Gasteiger partial charge in [0.2, 0.25) is 5.76 Å². The molecule has 0 bridgehead atoms. The number of carbonyl (C=O) groups excluding carboxylic acids is 3. The van der Waals surface area contributed by atoms with E-state index >= 15 is 0 Å². The van der Waals surface area contributed by atoms with Crippen LogP contribution in [0.15, 0.2) is 51.4 Å². The van der Waals surface area contributed by atoms with Crippen molar-refractivity contribution in [2.75, 3.05) is 5.32 Å². The van der Waals surface area contributed by atoms with Gasteiger partial charge in [-0.15, -0.1) is 0 Å². The van der Waals surface area contributed by atoms with E-state index in [1.165, 1.54) is 19.9 Å². The van der Waals surface area contributed by atoms with Crippen molar-refractivity contribution in [3.8, 4) is 11.3 Å². The van der Waals surface area contributed by atoms with Crippen molar-refractivity contribution in [2.24, 2.45) is 0 Å². The molecule has 0 aliphatic carbocycles. The van der Waals surface area contributed by atoms with Crippen LogP contribution in [-0.2, 0) is 9.53 Å². The number of hydrogen-bond donors (Lipinski definition) is 1. The van der Waals surface area contributed by atoms with Crippen molar-refractivity contribution in [2.45, 2.75) is 26.9 Å². The SMILES string of the molecule is CC(=O)c1ccc(-c2ccc(C(=O)O[C@@H](C)C(=O)Nc3cc(C)on3)o2)cc1. The van der Waals surface area contributed by atoms with E-state index in [0.717, 1.165) is 0 Å². The zero-order valence-electron chi connectivity index (χ0n) is 15.5. The van der Waals surface area contributed by atoms with Gasteiger partial charge in [-0.05, 0) is 32.9 Å². The Morgan fingerprint density at radius 2 is 1.82 bits per heavy atom. The van der Waals surface area contributed by atoms with Crippen LogP contribution in [0.25, 0.3) is 11.3 Å². The summed E-state index contributed by atoms with van der Waals surface area (Å²) in [6.07, 6.45) is -1.06. The van der Waals surface area contributed by atoms with E-state index in [2.05, 4.69) is 10.5 Å². The van der Waals surface area contributed by atoms with Gasteiger partial charge >= 0.3 is 5.97 Å². The third-order valence-corrected chi connectivity index (χ3v) is 3.92. The second-order valence-corrected chi connectivity index (χ2v) is 6.16. The fourth-order valence-corrected chi connectivity index (χ4v) is 2.40. The van der Waals surface area contributed by atoms with Crippen molar-refractivity contribution in [3.63, 3.8) is 0 Å². The maximum absolute atomic E-state index is 12.2. The van der Waals surface area contributed by atoms with Crippen LogP contribution in [0.1, 0.15) is 40.5 Å². The van der Waals surface area contributed by atoms with E-state index in [1.807, 2.05) is 0 Å². The third kappa shape index (κ3) is 4.35. The van der Waals surface area contributed by atoms with Gasteiger partial charge in [0.05, 0.1) is 0 Å². The molecule has 0 aliphatic rings. The van der Waals surface area contributed by atoms with Gasteiger partial charge in [0.1, 0.15) is 11.5 Å². The molecular formula is C20H18N2O6. The fourth-order valence-electron chi connectivity index (χ4n) is 2.40. The monoisotopic (exact) mass is 382 g/mol. The second kappa shape index (κ2) is 7.91. The number of Topliss-reactive ketones (excluding diaryl/α,β-unsaturated/α-hetero) is 1. The van der Waals surface area contributed by atoms with Gasteiger partial charge in [-0.2, -0.15) is 0 Å². The molecule has 1 atom stereocenters. The van der Waals surface area contributed by atoms with E-state index in [1.54, 1.807) is 43.3 Å². The lowest BCUT2D eigenvalue weighted by Gasteiger charge is -2.11. The molecule has 28 heavy (non-hydrogen) atoms. The number of nitrogens with zero attached hydrogens (tertiary/aromatic N) is 1. The molecular weight excluding hydrogens is 364 g/mol. The van der Waals surface area contributed by atoms with Crippen LogP contribution in [0.5, 0.6) is 0 Å². The van der Waals surface area contributed by atoms with E-state index in [0.29, 0.717) is 22.6 Å². The van der Waals surface area contributed by atoms with Crippen molar-refractivity contribution in [1.82, 2.24) is 5.16 Å². The number of rotatable bonds is 6.